The van der Waals surface area contributed by atoms with E-state index in [1.165, 1.54) is 0 Å². The molecule has 0 aromatic carbocycles. The molecule has 0 saturated carbocycles. The summed E-state index contributed by atoms with van der Waals surface area (Å²) in [5, 5.41) is 0. The van der Waals surface area contributed by atoms with Crippen LogP contribution in [-0.4, -0.2) is 16.5 Å². The highest BCUT2D eigenvalue weighted by atomic mass is 79.9. The number of hydrogen-bond donors (Lipinski definition) is 0. The molecule has 0 aliphatic carbocycles. The summed E-state index contributed by atoms with van der Waals surface area (Å²) in [6.45, 7) is 0. The molecule has 1 saturated heterocycles. The van der Waals surface area contributed by atoms with Gasteiger partial charge in [0, 0.05) is 0 Å². The summed E-state index contributed by atoms with van der Waals surface area (Å²) < 4.78 is 4.45. The van der Waals surface area contributed by atoms with Crippen LogP contribution in [0.2, 0.25) is 0 Å². The van der Waals surface area contributed by atoms with E-state index in [4.69, 9.17) is 4.74 Å². The zero-order chi connectivity index (χ0) is 8.86. The second-order valence-electron chi connectivity index (χ2n) is 2.03. The molecule has 66 valence electrons. The van der Waals surface area contributed by atoms with Gasteiger partial charge < -0.3 is 4.74 Å². The summed E-state index contributed by atoms with van der Waals surface area (Å²) in [4.78, 5) is 0.238. The van der Waals surface area contributed by atoms with Crippen molar-refractivity contribution in [3.8, 4) is 0 Å². The Labute approximate surface area is 115 Å². The molecule has 0 bridgehead atoms. The molecule has 0 N–H and O–H groups in total. The molecule has 0 aromatic heterocycles. The fourth-order valence-electron chi connectivity index (χ4n) is 0.635. The molecular weight excluding hydrogens is 543 g/mol. The van der Waals surface area contributed by atoms with Crippen LogP contribution in [-0.2, 0) is 4.74 Å². The molecule has 0 aromatic rings. The van der Waals surface area contributed by atoms with E-state index in [1.807, 2.05) is 0 Å². The molecule has 1 aliphatic heterocycles. The first-order chi connectivity index (χ1) is 4.77. The fourth-order valence-corrected chi connectivity index (χ4v) is 5.93. The monoisotopic (exact) mass is 540 g/mol. The number of ether oxygens (including phenoxy) is 1. The topological polar surface area (TPSA) is 9.23 Å². The number of hydrogen-bond acceptors (Lipinski definition) is 1. The van der Waals surface area contributed by atoms with E-state index in [2.05, 4.69) is 95.6 Å². The van der Waals surface area contributed by atoms with E-state index in [0.717, 1.165) is 0 Å². The van der Waals surface area contributed by atoms with E-state index in [-0.39, 0.29) is 9.65 Å². The van der Waals surface area contributed by atoms with Gasteiger partial charge in [0.15, 0.2) is 6.84 Å². The van der Waals surface area contributed by atoms with Gasteiger partial charge in [0.2, 0.25) is 0 Å². The van der Waals surface area contributed by atoms with Crippen LogP contribution in [0.3, 0.4) is 0 Å². The average Bonchev–Trinajstić information content (AvgIpc) is 1.91. The second kappa shape index (κ2) is 3.77. The Balaban J connectivity index is 2.86. The normalized spacial score (nSPS) is 40.9. The molecule has 2 atom stereocenters. The van der Waals surface area contributed by atoms with Gasteiger partial charge in [0.25, 0.3) is 0 Å². The maximum atomic E-state index is 5.53. The lowest BCUT2D eigenvalue weighted by molar-refractivity contribution is 0.129. The average molecular weight is 545 g/mol. The SMILES string of the molecule is BrC1C(Br)C(Br)(Br)OC1(Br)Br. The van der Waals surface area contributed by atoms with Gasteiger partial charge in [-0.25, -0.2) is 0 Å². The van der Waals surface area contributed by atoms with Crippen molar-refractivity contribution in [3.63, 3.8) is 0 Å². The highest BCUT2D eigenvalue weighted by molar-refractivity contribution is 9.27. The smallest absolute Gasteiger partial charge is 0.194 e. The van der Waals surface area contributed by atoms with Gasteiger partial charge in [-0.1, -0.05) is 31.9 Å². The van der Waals surface area contributed by atoms with Crippen LogP contribution in [0.4, 0.5) is 0 Å². The summed E-state index contributed by atoms with van der Waals surface area (Å²) in [6, 6.07) is 0. The molecule has 0 radical (unpaired) electrons. The first-order valence-electron chi connectivity index (χ1n) is 2.51. The summed E-state index contributed by atoms with van der Waals surface area (Å²) in [5.41, 5.74) is 0. The summed E-state index contributed by atoms with van der Waals surface area (Å²) >= 11 is 20.5. The Morgan fingerprint density at radius 2 is 1.09 bits per heavy atom. The van der Waals surface area contributed by atoms with Gasteiger partial charge in [0.1, 0.15) is 0 Å². The quantitative estimate of drug-likeness (QED) is 0.410. The fraction of sp³-hybridized carbons (Fsp3) is 1.00. The summed E-state index contributed by atoms with van der Waals surface area (Å²) in [6.07, 6.45) is 0. The lowest BCUT2D eigenvalue weighted by Crippen LogP contribution is -2.24. The van der Waals surface area contributed by atoms with Gasteiger partial charge >= 0.3 is 0 Å². The minimum atomic E-state index is -0.541. The van der Waals surface area contributed by atoms with Crippen molar-refractivity contribution >= 4 is 95.6 Å². The van der Waals surface area contributed by atoms with Crippen LogP contribution in [0.25, 0.3) is 0 Å². The maximum absolute atomic E-state index is 5.53. The minimum absolute atomic E-state index is 0.119. The van der Waals surface area contributed by atoms with Crippen molar-refractivity contribution < 1.29 is 4.74 Å². The third-order valence-corrected chi connectivity index (χ3v) is 9.31. The van der Waals surface area contributed by atoms with Gasteiger partial charge in [-0.2, -0.15) is 0 Å². The predicted molar refractivity (Wildman–Crippen MR) is 67.7 cm³/mol. The Hall–Kier alpha value is 2.84. The van der Waals surface area contributed by atoms with Crippen LogP contribution in [0, 0.1) is 0 Å². The molecule has 1 fully saturated rings. The van der Waals surface area contributed by atoms with Crippen molar-refractivity contribution in [1.29, 1.82) is 0 Å². The predicted octanol–water partition coefficient (Wildman–Crippen LogP) is 4.43. The van der Waals surface area contributed by atoms with Gasteiger partial charge in [-0.15, -0.1) is 0 Å². The van der Waals surface area contributed by atoms with Crippen molar-refractivity contribution in [1.82, 2.24) is 0 Å². The van der Waals surface area contributed by atoms with E-state index in [0.29, 0.717) is 0 Å². The molecule has 2 unspecified atom stereocenters. The third kappa shape index (κ3) is 2.45. The van der Waals surface area contributed by atoms with Crippen molar-refractivity contribution in [2.75, 3.05) is 0 Å². The number of rotatable bonds is 0. The van der Waals surface area contributed by atoms with Crippen LogP contribution >= 0.6 is 95.6 Å². The molecule has 1 rings (SSSR count). The first-order valence-corrected chi connectivity index (χ1v) is 7.51. The highest BCUT2D eigenvalue weighted by Crippen LogP contribution is 2.57. The third-order valence-electron chi connectivity index (χ3n) is 1.17. The molecule has 1 heterocycles. The molecule has 0 spiro atoms. The first kappa shape index (κ1) is 11.9. The Morgan fingerprint density at radius 1 is 0.818 bits per heavy atom. The van der Waals surface area contributed by atoms with Crippen LogP contribution < -0.4 is 0 Å². The summed E-state index contributed by atoms with van der Waals surface area (Å²) in [5.74, 6) is 0. The molecular formula is C4H2Br6O. The lowest BCUT2D eigenvalue weighted by Gasteiger charge is -2.18. The lowest BCUT2D eigenvalue weighted by atomic mass is 10.4. The van der Waals surface area contributed by atoms with Crippen molar-refractivity contribution in [2.45, 2.75) is 16.5 Å². The van der Waals surface area contributed by atoms with Gasteiger partial charge in [-0.3, -0.25) is 0 Å². The van der Waals surface area contributed by atoms with E-state index in [9.17, 15) is 0 Å². The highest BCUT2D eigenvalue weighted by Gasteiger charge is 2.57. The Morgan fingerprint density at radius 3 is 1.18 bits per heavy atom. The number of alkyl halides is 6. The zero-order valence-electron chi connectivity index (χ0n) is 4.83. The molecule has 7 heteroatoms. The van der Waals surface area contributed by atoms with Crippen LogP contribution in [0.15, 0.2) is 0 Å². The van der Waals surface area contributed by atoms with Crippen LogP contribution in [0.5, 0.6) is 0 Å². The maximum Gasteiger partial charge on any atom is 0.194 e. The van der Waals surface area contributed by atoms with Gasteiger partial charge in [-0.05, 0) is 63.7 Å². The van der Waals surface area contributed by atoms with Crippen molar-refractivity contribution in [2.24, 2.45) is 0 Å². The minimum Gasteiger partial charge on any atom is -0.323 e. The van der Waals surface area contributed by atoms with Crippen molar-refractivity contribution in [3.05, 3.63) is 0 Å². The second-order valence-corrected chi connectivity index (χ2v) is 10.8. The standard InChI is InChI=1S/C4H2Br6O/c5-1-2(6)4(9,10)11-3(1,7)8/h1-2H. The van der Waals surface area contributed by atoms with E-state index >= 15 is 0 Å². The van der Waals surface area contributed by atoms with E-state index in [1.54, 1.807) is 0 Å². The van der Waals surface area contributed by atoms with E-state index < -0.39 is 6.84 Å². The van der Waals surface area contributed by atoms with Crippen LogP contribution in [0.1, 0.15) is 0 Å². The Bertz CT molecular complexity index is 150. The molecule has 1 nitrogen and oxygen atoms in total. The largest absolute Gasteiger partial charge is 0.323 e. The molecule has 1 aliphatic rings. The number of halogens is 6. The zero-order valence-corrected chi connectivity index (χ0v) is 14.3. The molecule has 0 amide bonds. The Kier molecular flexibility index (Phi) is 4.09. The molecule has 11 heavy (non-hydrogen) atoms. The summed E-state index contributed by atoms with van der Waals surface area (Å²) in [7, 11) is 0. The van der Waals surface area contributed by atoms with Gasteiger partial charge in [0.05, 0.1) is 9.65 Å².